The highest BCUT2D eigenvalue weighted by Gasteiger charge is 2.18. The summed E-state index contributed by atoms with van der Waals surface area (Å²) in [5, 5.41) is 4.34. The molecule has 0 saturated heterocycles. The smallest absolute Gasteiger partial charge is 0.231 e. The fourth-order valence-corrected chi connectivity index (χ4v) is 2.37. The van der Waals surface area contributed by atoms with E-state index in [0.717, 1.165) is 16.8 Å². The third-order valence-corrected chi connectivity index (χ3v) is 3.67. The van der Waals surface area contributed by atoms with Crippen LogP contribution in [-0.2, 0) is 6.54 Å². The lowest BCUT2D eigenvalue weighted by atomic mass is 10.2. The number of anilines is 1. The van der Waals surface area contributed by atoms with Crippen molar-refractivity contribution in [2.75, 3.05) is 12.1 Å². The van der Waals surface area contributed by atoms with Crippen LogP contribution in [0.25, 0.3) is 0 Å². The summed E-state index contributed by atoms with van der Waals surface area (Å²) in [7, 11) is 0. The Hall–Kier alpha value is -1.65. The molecule has 6 heteroatoms. The van der Waals surface area contributed by atoms with Crippen LogP contribution in [0, 0.1) is 6.92 Å². The van der Waals surface area contributed by atoms with Gasteiger partial charge in [0, 0.05) is 6.54 Å². The maximum absolute atomic E-state index is 6.14. The molecule has 3 rings (SSSR count). The number of pyridine rings is 1. The molecule has 0 amide bonds. The van der Waals surface area contributed by atoms with Crippen LogP contribution in [0.15, 0.2) is 24.4 Å². The van der Waals surface area contributed by atoms with E-state index < -0.39 is 0 Å². The number of ether oxygens (including phenoxy) is 2. The Morgan fingerprint density at radius 2 is 2.10 bits per heavy atom. The Bertz CT molecular complexity index is 662. The van der Waals surface area contributed by atoms with Gasteiger partial charge in [-0.05, 0) is 36.2 Å². The average molecular weight is 311 g/mol. The highest BCUT2D eigenvalue weighted by molar-refractivity contribution is 6.32. The predicted octanol–water partition coefficient (Wildman–Crippen LogP) is 4.04. The Labute approximate surface area is 126 Å². The number of halogens is 2. The van der Waals surface area contributed by atoms with Gasteiger partial charge in [0.1, 0.15) is 5.15 Å². The normalized spacial score (nSPS) is 12.6. The van der Waals surface area contributed by atoms with E-state index in [1.807, 2.05) is 25.1 Å². The minimum Gasteiger partial charge on any atom is -0.454 e. The van der Waals surface area contributed by atoms with E-state index in [9.17, 15) is 0 Å². The quantitative estimate of drug-likeness (QED) is 0.869. The summed E-state index contributed by atoms with van der Waals surface area (Å²) in [6.45, 7) is 2.74. The molecular weight excluding hydrogens is 299 g/mol. The molecule has 4 nitrogen and oxygen atoms in total. The number of benzene rings is 1. The Balaban J connectivity index is 1.75. The number of aromatic nitrogens is 1. The van der Waals surface area contributed by atoms with Crippen molar-refractivity contribution >= 4 is 28.9 Å². The summed E-state index contributed by atoms with van der Waals surface area (Å²) >= 11 is 12.0. The molecule has 2 heterocycles. The average Bonchev–Trinajstić information content (AvgIpc) is 2.89. The van der Waals surface area contributed by atoms with Crippen molar-refractivity contribution in [3.8, 4) is 11.5 Å². The Kier molecular flexibility index (Phi) is 3.59. The molecule has 20 heavy (non-hydrogen) atoms. The van der Waals surface area contributed by atoms with Crippen molar-refractivity contribution < 1.29 is 9.47 Å². The summed E-state index contributed by atoms with van der Waals surface area (Å²) in [6, 6.07) is 5.72. The van der Waals surface area contributed by atoms with Crippen LogP contribution in [0.1, 0.15) is 11.1 Å². The molecule has 0 radical (unpaired) electrons. The molecule has 0 spiro atoms. The maximum atomic E-state index is 6.14. The number of rotatable bonds is 3. The molecule has 1 aliphatic heterocycles. The molecule has 104 valence electrons. The van der Waals surface area contributed by atoms with E-state index >= 15 is 0 Å². The summed E-state index contributed by atoms with van der Waals surface area (Å²) in [5.74, 6) is 1.29. The SMILES string of the molecule is Cc1cc(NCc2cc(Cl)c3c(c2)OCO3)cnc1Cl. The molecule has 0 aliphatic carbocycles. The number of nitrogens with zero attached hydrogens (tertiary/aromatic N) is 1. The lowest BCUT2D eigenvalue weighted by Gasteiger charge is -2.09. The summed E-state index contributed by atoms with van der Waals surface area (Å²) in [4.78, 5) is 4.10. The van der Waals surface area contributed by atoms with E-state index in [0.29, 0.717) is 28.2 Å². The first-order valence-corrected chi connectivity index (χ1v) is 6.83. The first-order chi connectivity index (χ1) is 9.63. The topological polar surface area (TPSA) is 43.4 Å². The van der Waals surface area contributed by atoms with Gasteiger partial charge < -0.3 is 14.8 Å². The highest BCUT2D eigenvalue weighted by Crippen LogP contribution is 2.39. The Morgan fingerprint density at radius 3 is 2.90 bits per heavy atom. The van der Waals surface area contributed by atoms with Gasteiger partial charge in [-0.3, -0.25) is 0 Å². The molecule has 0 unspecified atom stereocenters. The molecule has 1 aliphatic rings. The van der Waals surface area contributed by atoms with Gasteiger partial charge in [-0.1, -0.05) is 23.2 Å². The zero-order chi connectivity index (χ0) is 14.1. The molecule has 1 aromatic heterocycles. The minimum absolute atomic E-state index is 0.215. The van der Waals surface area contributed by atoms with Crippen LogP contribution >= 0.6 is 23.2 Å². The van der Waals surface area contributed by atoms with Crippen LogP contribution in [0.2, 0.25) is 10.2 Å². The lowest BCUT2D eigenvalue weighted by Crippen LogP contribution is -2.00. The molecule has 1 aromatic carbocycles. The molecule has 0 bridgehead atoms. The van der Waals surface area contributed by atoms with Crippen LogP contribution in [0.5, 0.6) is 11.5 Å². The zero-order valence-corrected chi connectivity index (χ0v) is 12.3. The fraction of sp³-hybridized carbons (Fsp3) is 0.214. The largest absolute Gasteiger partial charge is 0.454 e. The van der Waals surface area contributed by atoms with Crippen molar-refractivity contribution in [2.45, 2.75) is 13.5 Å². The van der Waals surface area contributed by atoms with Crippen molar-refractivity contribution in [3.63, 3.8) is 0 Å². The van der Waals surface area contributed by atoms with E-state index in [4.69, 9.17) is 32.7 Å². The summed E-state index contributed by atoms with van der Waals surface area (Å²) < 4.78 is 10.6. The predicted molar refractivity (Wildman–Crippen MR) is 78.9 cm³/mol. The van der Waals surface area contributed by atoms with Crippen LogP contribution < -0.4 is 14.8 Å². The standard InChI is InChI=1S/C14H12Cl2N2O2/c1-8-2-10(6-18-14(8)16)17-5-9-3-11(15)13-12(4-9)19-7-20-13/h2-4,6,17H,5,7H2,1H3. The molecule has 0 fully saturated rings. The molecule has 2 aromatic rings. The molecular formula is C14H12Cl2N2O2. The second-order valence-electron chi connectivity index (χ2n) is 4.50. The number of hydrogen-bond acceptors (Lipinski definition) is 4. The van der Waals surface area contributed by atoms with Crippen LogP contribution in [0.3, 0.4) is 0 Å². The van der Waals surface area contributed by atoms with E-state index in [1.54, 1.807) is 6.20 Å². The van der Waals surface area contributed by atoms with Crippen molar-refractivity contribution in [1.29, 1.82) is 0 Å². The van der Waals surface area contributed by atoms with Crippen molar-refractivity contribution in [3.05, 3.63) is 45.7 Å². The fourth-order valence-electron chi connectivity index (χ4n) is 1.98. The van der Waals surface area contributed by atoms with Gasteiger partial charge in [-0.15, -0.1) is 0 Å². The van der Waals surface area contributed by atoms with Gasteiger partial charge in [0.15, 0.2) is 11.5 Å². The third kappa shape index (κ3) is 2.62. The highest BCUT2D eigenvalue weighted by atomic mass is 35.5. The Morgan fingerprint density at radius 1 is 1.25 bits per heavy atom. The van der Waals surface area contributed by atoms with Crippen LogP contribution in [0.4, 0.5) is 5.69 Å². The summed E-state index contributed by atoms with van der Waals surface area (Å²) in [6.07, 6.45) is 1.70. The van der Waals surface area contributed by atoms with Gasteiger partial charge in [0.05, 0.1) is 16.9 Å². The number of nitrogens with one attached hydrogen (secondary N) is 1. The first kappa shape index (κ1) is 13.3. The lowest BCUT2D eigenvalue weighted by molar-refractivity contribution is 0.174. The van der Waals surface area contributed by atoms with Crippen molar-refractivity contribution in [2.24, 2.45) is 0 Å². The summed E-state index contributed by atoms with van der Waals surface area (Å²) in [5.41, 5.74) is 2.84. The van der Waals surface area contributed by atoms with E-state index in [2.05, 4.69) is 10.3 Å². The monoisotopic (exact) mass is 310 g/mol. The third-order valence-electron chi connectivity index (χ3n) is 3.00. The van der Waals surface area contributed by atoms with Gasteiger partial charge in [-0.25, -0.2) is 4.98 Å². The van der Waals surface area contributed by atoms with Gasteiger partial charge in [0.2, 0.25) is 6.79 Å². The zero-order valence-electron chi connectivity index (χ0n) is 10.7. The van der Waals surface area contributed by atoms with E-state index in [1.165, 1.54) is 0 Å². The number of aryl methyl sites for hydroxylation is 1. The molecule has 0 atom stereocenters. The molecule has 0 saturated carbocycles. The van der Waals surface area contributed by atoms with Gasteiger partial charge >= 0.3 is 0 Å². The second-order valence-corrected chi connectivity index (χ2v) is 5.26. The van der Waals surface area contributed by atoms with E-state index in [-0.39, 0.29) is 6.79 Å². The van der Waals surface area contributed by atoms with Crippen LogP contribution in [-0.4, -0.2) is 11.8 Å². The molecule has 1 N–H and O–H groups in total. The first-order valence-electron chi connectivity index (χ1n) is 6.07. The van der Waals surface area contributed by atoms with Gasteiger partial charge in [0.25, 0.3) is 0 Å². The second kappa shape index (κ2) is 5.38. The number of fused-ring (bicyclic) bond motifs is 1. The minimum atomic E-state index is 0.215. The maximum Gasteiger partial charge on any atom is 0.231 e. The number of hydrogen-bond donors (Lipinski definition) is 1. The van der Waals surface area contributed by atoms with Gasteiger partial charge in [-0.2, -0.15) is 0 Å². The van der Waals surface area contributed by atoms with Crippen molar-refractivity contribution in [1.82, 2.24) is 4.98 Å².